The number of rotatable bonds is 8. The predicted molar refractivity (Wildman–Crippen MR) is 147 cm³/mol. The molecule has 32 heavy (non-hydrogen) atoms. The summed E-state index contributed by atoms with van der Waals surface area (Å²) in [6.45, 7) is 0. The Bertz CT molecular complexity index is 825. The molecule has 0 N–H and O–H groups in total. The van der Waals surface area contributed by atoms with E-state index in [-0.39, 0.29) is 57.1 Å². The average molecular weight is 544 g/mol. The van der Waals surface area contributed by atoms with Gasteiger partial charge in [-0.2, -0.15) is 0 Å². The van der Waals surface area contributed by atoms with E-state index < -0.39 is 0 Å². The van der Waals surface area contributed by atoms with Gasteiger partial charge in [-0.05, 0) is 55.8 Å². The monoisotopic (exact) mass is 542 g/mol. The van der Waals surface area contributed by atoms with Crippen LogP contribution in [0.1, 0.15) is 6.42 Å². The molecule has 0 saturated heterocycles. The third kappa shape index (κ3) is 7.99. The van der Waals surface area contributed by atoms with E-state index in [1.54, 1.807) is 0 Å². The van der Waals surface area contributed by atoms with Crippen LogP contribution in [0.25, 0.3) is 0 Å². The zero-order chi connectivity index (χ0) is 19.7. The van der Waals surface area contributed by atoms with Crippen LogP contribution < -0.4 is 21.2 Å². The van der Waals surface area contributed by atoms with Crippen molar-refractivity contribution in [2.75, 3.05) is 12.3 Å². The second-order valence-corrected chi connectivity index (χ2v) is 11.7. The first-order valence-electron chi connectivity index (χ1n) is 10.2. The molecule has 0 amide bonds. The third-order valence-electron chi connectivity index (χ3n) is 5.03. The fraction of sp³-hybridized carbons (Fsp3) is 0.111. The van der Waals surface area contributed by atoms with E-state index in [4.69, 9.17) is 0 Å². The first kappa shape index (κ1) is 28.8. The van der Waals surface area contributed by atoms with Gasteiger partial charge in [0.05, 0.1) is 0 Å². The Morgan fingerprint density at radius 1 is 0.375 bits per heavy atom. The van der Waals surface area contributed by atoms with Crippen molar-refractivity contribution in [3.8, 4) is 0 Å². The largest absolute Gasteiger partial charge is 0.147 e. The Morgan fingerprint density at radius 3 is 0.812 bits per heavy atom. The van der Waals surface area contributed by atoms with Gasteiger partial charge in [0.1, 0.15) is 0 Å². The van der Waals surface area contributed by atoms with Gasteiger partial charge in [-0.25, -0.2) is 0 Å². The van der Waals surface area contributed by atoms with Gasteiger partial charge in [-0.3, -0.25) is 0 Å². The van der Waals surface area contributed by atoms with Gasteiger partial charge < -0.3 is 0 Å². The first-order valence-corrected chi connectivity index (χ1v) is 13.2. The van der Waals surface area contributed by atoms with Crippen molar-refractivity contribution in [1.29, 1.82) is 0 Å². The van der Waals surface area contributed by atoms with Crippen molar-refractivity contribution in [1.82, 2.24) is 0 Å². The number of halogens is 2. The van der Waals surface area contributed by atoms with Crippen molar-refractivity contribution in [2.24, 2.45) is 0 Å². The topological polar surface area (TPSA) is 0 Å². The van der Waals surface area contributed by atoms with Gasteiger partial charge in [0, 0.05) is 16.5 Å². The molecule has 0 fully saturated rings. The van der Waals surface area contributed by atoms with E-state index in [1.165, 1.54) is 40.0 Å². The third-order valence-corrected chi connectivity index (χ3v) is 10.2. The summed E-state index contributed by atoms with van der Waals surface area (Å²) in [5.74, 6) is 0. The maximum absolute atomic E-state index is 2.30. The molecule has 0 unspecified atom stereocenters. The normalized spacial score (nSPS) is 10.1. The van der Waals surface area contributed by atoms with Crippen LogP contribution in [0.5, 0.6) is 0 Å². The van der Waals surface area contributed by atoms with Crippen LogP contribution in [0.15, 0.2) is 121 Å². The van der Waals surface area contributed by atoms with Crippen LogP contribution in [-0.4, -0.2) is 12.3 Å². The van der Waals surface area contributed by atoms with Crippen molar-refractivity contribution < 1.29 is 16.5 Å². The van der Waals surface area contributed by atoms with Gasteiger partial charge in [0.25, 0.3) is 0 Å². The fourth-order valence-electron chi connectivity index (χ4n) is 3.63. The molecule has 4 aromatic carbocycles. The van der Waals surface area contributed by atoms with Gasteiger partial charge >= 0.3 is 0 Å². The second kappa shape index (κ2) is 15.6. The second-order valence-electron chi connectivity index (χ2n) is 7.00. The Balaban J connectivity index is 0.00000171. The standard InChI is InChI=1S/C27H26P2.2ClH.Ni/c1-5-14-24(15-6-1)28(25-16-7-2-8-17-25)22-13-23-29(26-18-9-3-10-19-26)27-20-11-4-12-21-27;;;/h1-12,14-21H,13,22-23H2;2*1H;. The summed E-state index contributed by atoms with van der Waals surface area (Å²) in [5, 5.41) is 5.94. The summed E-state index contributed by atoms with van der Waals surface area (Å²) in [4.78, 5) is 0. The summed E-state index contributed by atoms with van der Waals surface area (Å²) in [6.07, 6.45) is 3.72. The summed E-state index contributed by atoms with van der Waals surface area (Å²) >= 11 is 0. The summed E-state index contributed by atoms with van der Waals surface area (Å²) < 4.78 is 0. The Kier molecular flexibility index (Phi) is 14.1. The molecule has 0 heterocycles. The van der Waals surface area contributed by atoms with E-state index in [0.29, 0.717) is 0 Å². The SMILES string of the molecule is Cl.Cl.[Ni].c1ccc(P(CCCP(c2ccccc2)c2ccccc2)c2ccccc2)cc1. The molecule has 170 valence electrons. The Morgan fingerprint density at radius 2 is 0.594 bits per heavy atom. The van der Waals surface area contributed by atoms with Crippen molar-refractivity contribution in [3.05, 3.63) is 121 Å². The molecule has 0 aliphatic rings. The molecule has 0 aromatic heterocycles. The van der Waals surface area contributed by atoms with Crippen LogP contribution >= 0.6 is 40.7 Å². The molecule has 5 heteroatoms. The van der Waals surface area contributed by atoms with E-state index in [2.05, 4.69) is 121 Å². The van der Waals surface area contributed by atoms with Gasteiger partial charge in [-0.15, -0.1) is 24.8 Å². The minimum atomic E-state index is -0.309. The predicted octanol–water partition coefficient (Wildman–Crippen LogP) is 6.48. The summed E-state index contributed by atoms with van der Waals surface area (Å²) in [5.41, 5.74) is 0. The van der Waals surface area contributed by atoms with Crippen LogP contribution in [0.2, 0.25) is 0 Å². The molecule has 0 bridgehead atoms. The quantitative estimate of drug-likeness (QED) is 0.176. The zero-order valence-electron chi connectivity index (χ0n) is 17.7. The van der Waals surface area contributed by atoms with Gasteiger partial charge in [0.2, 0.25) is 0 Å². The molecular weight excluding hydrogens is 516 g/mol. The molecule has 0 spiro atoms. The number of hydrogen-bond acceptors (Lipinski definition) is 0. The van der Waals surface area contributed by atoms with E-state index in [0.717, 1.165) is 0 Å². The average Bonchev–Trinajstić information content (AvgIpc) is 2.81. The van der Waals surface area contributed by atoms with Gasteiger partial charge in [-0.1, -0.05) is 121 Å². The number of benzene rings is 4. The first-order chi connectivity index (χ1) is 14.4. The fourth-order valence-corrected chi connectivity index (χ4v) is 8.59. The van der Waals surface area contributed by atoms with Crippen LogP contribution in [0.4, 0.5) is 0 Å². The molecule has 4 aromatic rings. The van der Waals surface area contributed by atoms with Crippen molar-refractivity contribution in [3.63, 3.8) is 0 Å². The molecule has 4 rings (SSSR count). The van der Waals surface area contributed by atoms with Crippen LogP contribution in [0.3, 0.4) is 0 Å². The maximum atomic E-state index is 2.30. The minimum absolute atomic E-state index is 0. The number of hydrogen-bond donors (Lipinski definition) is 0. The zero-order valence-corrected chi connectivity index (χ0v) is 22.1. The molecule has 0 atom stereocenters. The van der Waals surface area contributed by atoms with Crippen LogP contribution in [-0.2, 0) is 16.5 Å². The molecule has 0 saturated carbocycles. The smallest absolute Gasteiger partial charge is 0 e. The van der Waals surface area contributed by atoms with E-state index >= 15 is 0 Å². The van der Waals surface area contributed by atoms with Crippen LogP contribution in [0, 0.1) is 0 Å². The molecule has 0 aliphatic heterocycles. The Hall–Kier alpha value is -1.19. The summed E-state index contributed by atoms with van der Waals surface area (Å²) in [6, 6.07) is 44.3. The molecule has 0 nitrogen and oxygen atoms in total. The molecular formula is C27H28Cl2NiP2. The minimum Gasteiger partial charge on any atom is -0.147 e. The molecule has 0 radical (unpaired) electrons. The van der Waals surface area contributed by atoms with Crippen molar-refractivity contribution >= 4 is 61.9 Å². The van der Waals surface area contributed by atoms with E-state index in [9.17, 15) is 0 Å². The maximum Gasteiger partial charge on any atom is 0 e. The Labute approximate surface area is 217 Å². The molecule has 0 aliphatic carbocycles. The van der Waals surface area contributed by atoms with Gasteiger partial charge in [0.15, 0.2) is 0 Å². The van der Waals surface area contributed by atoms with E-state index in [1.807, 2.05) is 0 Å². The van der Waals surface area contributed by atoms with Crippen molar-refractivity contribution in [2.45, 2.75) is 6.42 Å². The summed E-state index contributed by atoms with van der Waals surface area (Å²) in [7, 11) is -0.618.